The summed E-state index contributed by atoms with van der Waals surface area (Å²) in [5.41, 5.74) is 4.08. The van der Waals surface area contributed by atoms with Crippen LogP contribution in [0.2, 0.25) is 0 Å². The van der Waals surface area contributed by atoms with Gasteiger partial charge in [-0.1, -0.05) is 12.1 Å². The van der Waals surface area contributed by atoms with Crippen molar-refractivity contribution in [3.8, 4) is 21.8 Å². The van der Waals surface area contributed by atoms with Gasteiger partial charge in [-0.05, 0) is 36.4 Å². The van der Waals surface area contributed by atoms with Gasteiger partial charge in [0.2, 0.25) is 0 Å². The molecule has 4 rings (SSSR count). The summed E-state index contributed by atoms with van der Waals surface area (Å²) >= 11 is 1.56. The maximum atomic E-state index is 13.0. The number of hydrogen-bond acceptors (Lipinski definition) is 4. The van der Waals surface area contributed by atoms with E-state index in [1.165, 1.54) is 12.1 Å². The molecule has 0 amide bonds. The fourth-order valence-corrected chi connectivity index (χ4v) is 4.76. The molecule has 1 saturated heterocycles. The van der Waals surface area contributed by atoms with E-state index in [0.29, 0.717) is 0 Å². The number of aromatic nitrogens is 1. The standard InChI is InChI=1S/C19H17FN2OS2/c20-16-5-1-15(2-6-16)19-21-18(13-24-19)14-3-7-17(8-4-14)22-9-11-25(23)12-10-22/h1-8,13H,9-12H2. The molecule has 0 unspecified atom stereocenters. The van der Waals surface area contributed by atoms with Crippen molar-refractivity contribution in [2.75, 3.05) is 29.5 Å². The Bertz CT molecular complexity index is 881. The van der Waals surface area contributed by atoms with Crippen molar-refractivity contribution in [1.82, 2.24) is 4.98 Å². The van der Waals surface area contributed by atoms with Crippen LogP contribution >= 0.6 is 11.3 Å². The van der Waals surface area contributed by atoms with Gasteiger partial charge in [0.1, 0.15) is 10.8 Å². The predicted molar refractivity (Wildman–Crippen MR) is 103 cm³/mol. The van der Waals surface area contributed by atoms with Crippen LogP contribution in [0.15, 0.2) is 53.9 Å². The monoisotopic (exact) mass is 372 g/mol. The molecule has 0 saturated carbocycles. The van der Waals surface area contributed by atoms with Crippen molar-refractivity contribution >= 4 is 27.8 Å². The summed E-state index contributed by atoms with van der Waals surface area (Å²) in [6.45, 7) is 1.69. The molecule has 25 heavy (non-hydrogen) atoms. The van der Waals surface area contributed by atoms with Gasteiger partial charge in [-0.3, -0.25) is 4.21 Å². The van der Waals surface area contributed by atoms with Gasteiger partial charge in [-0.15, -0.1) is 11.3 Å². The molecule has 2 aromatic carbocycles. The second-order valence-electron chi connectivity index (χ2n) is 5.93. The number of benzene rings is 2. The molecule has 1 aromatic heterocycles. The van der Waals surface area contributed by atoms with Gasteiger partial charge in [0.05, 0.1) is 5.69 Å². The smallest absolute Gasteiger partial charge is 0.124 e. The zero-order valence-corrected chi connectivity index (χ0v) is 15.2. The summed E-state index contributed by atoms with van der Waals surface area (Å²) < 4.78 is 24.5. The molecule has 2 heterocycles. The fourth-order valence-electron chi connectivity index (χ4n) is 2.87. The molecule has 1 aliphatic heterocycles. The van der Waals surface area contributed by atoms with E-state index in [4.69, 9.17) is 0 Å². The number of halogens is 1. The average Bonchev–Trinajstić information content (AvgIpc) is 3.13. The first-order chi connectivity index (χ1) is 12.2. The van der Waals surface area contributed by atoms with E-state index in [-0.39, 0.29) is 5.82 Å². The van der Waals surface area contributed by atoms with E-state index in [2.05, 4.69) is 34.1 Å². The van der Waals surface area contributed by atoms with E-state index in [1.54, 1.807) is 23.5 Å². The Morgan fingerprint density at radius 3 is 2.28 bits per heavy atom. The average molecular weight is 372 g/mol. The van der Waals surface area contributed by atoms with Gasteiger partial charge in [0.15, 0.2) is 0 Å². The summed E-state index contributed by atoms with van der Waals surface area (Å²) in [5.74, 6) is 1.25. The third-order valence-corrected chi connectivity index (χ3v) is 6.47. The first-order valence-corrected chi connectivity index (χ1v) is 10.5. The van der Waals surface area contributed by atoms with E-state index in [0.717, 1.165) is 52.1 Å². The Labute approximate surface area is 152 Å². The Kier molecular flexibility index (Phi) is 4.63. The molecule has 128 valence electrons. The molecule has 0 N–H and O–H groups in total. The van der Waals surface area contributed by atoms with E-state index < -0.39 is 10.8 Å². The largest absolute Gasteiger partial charge is 0.370 e. The normalized spacial score (nSPS) is 15.5. The highest BCUT2D eigenvalue weighted by Crippen LogP contribution is 2.30. The van der Waals surface area contributed by atoms with Crippen LogP contribution in [0.25, 0.3) is 21.8 Å². The molecule has 1 aliphatic rings. The summed E-state index contributed by atoms with van der Waals surface area (Å²) in [6.07, 6.45) is 0. The van der Waals surface area contributed by atoms with Crippen LogP contribution in [0, 0.1) is 5.82 Å². The first kappa shape index (κ1) is 16.4. The van der Waals surface area contributed by atoms with Gasteiger partial charge in [0.25, 0.3) is 0 Å². The van der Waals surface area contributed by atoms with Gasteiger partial charge in [-0.25, -0.2) is 9.37 Å². The van der Waals surface area contributed by atoms with Gasteiger partial charge < -0.3 is 4.90 Å². The highest BCUT2D eigenvalue weighted by molar-refractivity contribution is 7.85. The van der Waals surface area contributed by atoms with Gasteiger partial charge in [-0.2, -0.15) is 0 Å². The Hall–Kier alpha value is -2.05. The Morgan fingerprint density at radius 2 is 1.60 bits per heavy atom. The predicted octanol–water partition coefficient (Wildman–Crippen LogP) is 4.18. The lowest BCUT2D eigenvalue weighted by molar-refractivity contribution is 0.628. The number of rotatable bonds is 3. The van der Waals surface area contributed by atoms with E-state index >= 15 is 0 Å². The van der Waals surface area contributed by atoms with E-state index in [1.807, 2.05) is 5.38 Å². The molecule has 0 spiro atoms. The quantitative estimate of drug-likeness (QED) is 0.691. The third kappa shape index (κ3) is 3.65. The minimum absolute atomic E-state index is 0.238. The van der Waals surface area contributed by atoms with Crippen LogP contribution in [-0.4, -0.2) is 33.8 Å². The lowest BCUT2D eigenvalue weighted by Gasteiger charge is -2.28. The lowest BCUT2D eigenvalue weighted by Crippen LogP contribution is -2.37. The molecule has 3 aromatic rings. The molecular weight excluding hydrogens is 355 g/mol. The second-order valence-corrected chi connectivity index (χ2v) is 8.48. The lowest BCUT2D eigenvalue weighted by atomic mass is 10.1. The second kappa shape index (κ2) is 7.06. The highest BCUT2D eigenvalue weighted by atomic mass is 32.2. The molecule has 0 atom stereocenters. The van der Waals surface area contributed by atoms with Crippen molar-refractivity contribution < 1.29 is 8.60 Å². The topological polar surface area (TPSA) is 33.2 Å². The Balaban J connectivity index is 1.52. The summed E-state index contributed by atoms with van der Waals surface area (Å²) in [6, 6.07) is 14.8. The van der Waals surface area contributed by atoms with Gasteiger partial charge in [0, 0.05) is 57.6 Å². The van der Waals surface area contributed by atoms with Crippen LogP contribution in [0.5, 0.6) is 0 Å². The molecule has 0 radical (unpaired) electrons. The summed E-state index contributed by atoms with van der Waals surface area (Å²) in [7, 11) is -0.660. The van der Waals surface area contributed by atoms with Crippen molar-refractivity contribution in [1.29, 1.82) is 0 Å². The minimum Gasteiger partial charge on any atom is -0.370 e. The van der Waals surface area contributed by atoms with Crippen LogP contribution < -0.4 is 4.90 Å². The zero-order valence-electron chi connectivity index (χ0n) is 13.5. The maximum Gasteiger partial charge on any atom is 0.124 e. The van der Waals surface area contributed by atoms with Crippen molar-refractivity contribution in [3.63, 3.8) is 0 Å². The van der Waals surface area contributed by atoms with Crippen molar-refractivity contribution in [2.24, 2.45) is 0 Å². The van der Waals surface area contributed by atoms with Crippen LogP contribution in [0.3, 0.4) is 0 Å². The molecule has 1 fully saturated rings. The molecule has 0 bridgehead atoms. The minimum atomic E-state index is -0.660. The van der Waals surface area contributed by atoms with Crippen LogP contribution in [0.1, 0.15) is 0 Å². The van der Waals surface area contributed by atoms with Crippen molar-refractivity contribution in [2.45, 2.75) is 0 Å². The molecule has 0 aliphatic carbocycles. The van der Waals surface area contributed by atoms with Gasteiger partial charge >= 0.3 is 0 Å². The Morgan fingerprint density at radius 1 is 0.960 bits per heavy atom. The highest BCUT2D eigenvalue weighted by Gasteiger charge is 2.15. The number of hydrogen-bond donors (Lipinski definition) is 0. The van der Waals surface area contributed by atoms with Crippen LogP contribution in [-0.2, 0) is 10.8 Å². The molecule has 6 heteroatoms. The number of thiazole rings is 1. The third-order valence-electron chi connectivity index (χ3n) is 4.30. The summed E-state index contributed by atoms with van der Waals surface area (Å²) in [4.78, 5) is 6.95. The van der Waals surface area contributed by atoms with Crippen molar-refractivity contribution in [3.05, 3.63) is 59.7 Å². The SMILES string of the molecule is O=S1CCN(c2ccc(-c3csc(-c4ccc(F)cc4)n3)cc2)CC1. The first-order valence-electron chi connectivity index (χ1n) is 8.11. The zero-order chi connectivity index (χ0) is 17.2. The van der Waals surface area contributed by atoms with Crippen LogP contribution in [0.4, 0.5) is 10.1 Å². The fraction of sp³-hybridized carbons (Fsp3) is 0.211. The number of anilines is 1. The summed E-state index contributed by atoms with van der Waals surface area (Å²) in [5, 5.41) is 2.91. The maximum absolute atomic E-state index is 13.0. The van der Waals surface area contributed by atoms with E-state index in [9.17, 15) is 8.60 Å². The molecule has 3 nitrogen and oxygen atoms in total. The molecular formula is C19H17FN2OS2. The number of nitrogens with zero attached hydrogens (tertiary/aromatic N) is 2.